The van der Waals surface area contributed by atoms with Gasteiger partial charge >= 0.3 is 0 Å². The highest BCUT2D eigenvalue weighted by atomic mass is 16.7. The molecule has 0 aromatic heterocycles. The molecule has 0 aromatic carbocycles. The van der Waals surface area contributed by atoms with Gasteiger partial charge in [0.15, 0.2) is 6.29 Å². The Labute approximate surface area is 104 Å². The van der Waals surface area contributed by atoms with Crippen molar-refractivity contribution in [3.8, 4) is 0 Å². The minimum Gasteiger partial charge on any atom is -0.496 e. The van der Waals surface area contributed by atoms with Gasteiger partial charge in [0.25, 0.3) is 0 Å². The van der Waals surface area contributed by atoms with Crippen LogP contribution in [0.4, 0.5) is 0 Å². The molecule has 0 aromatic rings. The molecule has 1 N–H and O–H groups in total. The van der Waals surface area contributed by atoms with Crippen molar-refractivity contribution < 1.29 is 14.2 Å². The van der Waals surface area contributed by atoms with Crippen LogP contribution in [0.25, 0.3) is 0 Å². The van der Waals surface area contributed by atoms with Gasteiger partial charge in [-0.15, -0.1) is 0 Å². The smallest absolute Gasteiger partial charge is 0.179 e. The average molecular weight is 243 g/mol. The van der Waals surface area contributed by atoms with Crippen molar-refractivity contribution in [2.75, 3.05) is 26.4 Å². The quantitative estimate of drug-likeness (QED) is 0.629. The molecule has 0 spiro atoms. The highest BCUT2D eigenvalue weighted by Crippen LogP contribution is 2.18. The zero-order chi connectivity index (χ0) is 12.5. The van der Waals surface area contributed by atoms with Crippen LogP contribution >= 0.6 is 0 Å². The molecule has 0 fully saturated rings. The van der Waals surface area contributed by atoms with Crippen LogP contribution in [0.2, 0.25) is 0 Å². The van der Waals surface area contributed by atoms with E-state index in [1.807, 2.05) is 13.8 Å². The molecule has 1 aliphatic heterocycles. The van der Waals surface area contributed by atoms with E-state index in [1.165, 1.54) is 0 Å². The molecule has 1 aliphatic rings. The second-order valence-electron chi connectivity index (χ2n) is 3.95. The summed E-state index contributed by atoms with van der Waals surface area (Å²) in [6, 6.07) is 0.0114. The first-order chi connectivity index (χ1) is 8.33. The SMILES string of the molecule is CCCNC(C1=CCCO1)C(OCC)OCC. The third kappa shape index (κ3) is 4.66. The molecule has 0 saturated carbocycles. The van der Waals surface area contributed by atoms with E-state index in [1.54, 1.807) is 0 Å². The maximum atomic E-state index is 5.65. The highest BCUT2D eigenvalue weighted by molar-refractivity contribution is 5.08. The Morgan fingerprint density at radius 3 is 2.47 bits per heavy atom. The minimum absolute atomic E-state index is 0.0114. The molecule has 0 radical (unpaired) electrons. The molecular weight excluding hydrogens is 218 g/mol. The van der Waals surface area contributed by atoms with E-state index in [9.17, 15) is 0 Å². The lowest BCUT2D eigenvalue weighted by atomic mass is 10.2. The lowest BCUT2D eigenvalue weighted by Crippen LogP contribution is -2.45. The zero-order valence-corrected chi connectivity index (χ0v) is 11.2. The number of rotatable bonds is 9. The predicted molar refractivity (Wildman–Crippen MR) is 67.8 cm³/mol. The van der Waals surface area contributed by atoms with Crippen molar-refractivity contribution in [2.24, 2.45) is 0 Å². The van der Waals surface area contributed by atoms with E-state index in [0.717, 1.165) is 31.8 Å². The molecule has 17 heavy (non-hydrogen) atoms. The van der Waals surface area contributed by atoms with Gasteiger partial charge in [0, 0.05) is 19.6 Å². The summed E-state index contributed by atoms with van der Waals surface area (Å²) in [5, 5.41) is 3.44. The molecule has 1 rings (SSSR count). The van der Waals surface area contributed by atoms with Gasteiger partial charge in [0.2, 0.25) is 0 Å². The monoisotopic (exact) mass is 243 g/mol. The summed E-state index contributed by atoms with van der Waals surface area (Å²) in [7, 11) is 0. The molecular formula is C13H25NO3. The normalized spacial score (nSPS) is 17.1. The first-order valence-electron chi connectivity index (χ1n) is 6.62. The Bertz CT molecular complexity index is 225. The van der Waals surface area contributed by atoms with Crippen LogP contribution in [0.1, 0.15) is 33.6 Å². The molecule has 0 amide bonds. The number of nitrogens with one attached hydrogen (secondary N) is 1. The van der Waals surface area contributed by atoms with Gasteiger partial charge in [0.1, 0.15) is 11.8 Å². The minimum atomic E-state index is -0.263. The summed E-state index contributed by atoms with van der Waals surface area (Å²) in [5.74, 6) is 0.963. The Kier molecular flexibility index (Phi) is 7.24. The van der Waals surface area contributed by atoms with Gasteiger partial charge < -0.3 is 19.5 Å². The van der Waals surface area contributed by atoms with Gasteiger partial charge in [-0.2, -0.15) is 0 Å². The molecule has 0 bridgehead atoms. The van der Waals surface area contributed by atoms with E-state index in [-0.39, 0.29) is 12.3 Å². The molecule has 0 saturated heterocycles. The number of hydrogen-bond donors (Lipinski definition) is 1. The molecule has 4 heteroatoms. The van der Waals surface area contributed by atoms with Crippen LogP contribution in [0.3, 0.4) is 0 Å². The molecule has 0 aliphatic carbocycles. The summed E-state index contributed by atoms with van der Waals surface area (Å²) in [4.78, 5) is 0. The van der Waals surface area contributed by atoms with Crippen molar-refractivity contribution in [1.29, 1.82) is 0 Å². The van der Waals surface area contributed by atoms with Crippen molar-refractivity contribution in [2.45, 2.75) is 45.9 Å². The average Bonchev–Trinajstić information content (AvgIpc) is 2.84. The van der Waals surface area contributed by atoms with Gasteiger partial charge in [0.05, 0.1) is 6.61 Å². The molecule has 1 atom stereocenters. The van der Waals surface area contributed by atoms with E-state index in [2.05, 4.69) is 18.3 Å². The Balaban J connectivity index is 2.63. The van der Waals surface area contributed by atoms with Gasteiger partial charge in [-0.05, 0) is 32.9 Å². The second kappa shape index (κ2) is 8.50. The highest BCUT2D eigenvalue weighted by Gasteiger charge is 2.28. The van der Waals surface area contributed by atoms with Crippen LogP contribution < -0.4 is 5.32 Å². The summed E-state index contributed by atoms with van der Waals surface area (Å²) in [6.45, 7) is 9.08. The van der Waals surface area contributed by atoms with Gasteiger partial charge in [-0.25, -0.2) is 0 Å². The van der Waals surface area contributed by atoms with Crippen molar-refractivity contribution in [1.82, 2.24) is 5.32 Å². The predicted octanol–water partition coefficient (Wildman–Crippen LogP) is 2.06. The van der Waals surface area contributed by atoms with Crippen molar-refractivity contribution >= 4 is 0 Å². The summed E-state index contributed by atoms with van der Waals surface area (Å²) in [6.07, 6.45) is 3.92. The Morgan fingerprint density at radius 1 is 1.29 bits per heavy atom. The summed E-state index contributed by atoms with van der Waals surface area (Å²) < 4.78 is 16.9. The maximum Gasteiger partial charge on any atom is 0.179 e. The molecule has 1 unspecified atom stereocenters. The van der Waals surface area contributed by atoms with Gasteiger partial charge in [-0.1, -0.05) is 6.92 Å². The van der Waals surface area contributed by atoms with E-state index in [0.29, 0.717) is 13.2 Å². The number of ether oxygens (including phenoxy) is 3. The van der Waals surface area contributed by atoms with Crippen LogP contribution in [0.5, 0.6) is 0 Å². The zero-order valence-electron chi connectivity index (χ0n) is 11.2. The van der Waals surface area contributed by atoms with Crippen LogP contribution in [-0.2, 0) is 14.2 Å². The van der Waals surface area contributed by atoms with Crippen LogP contribution in [0, 0.1) is 0 Å². The Hall–Kier alpha value is -0.580. The summed E-state index contributed by atoms with van der Waals surface area (Å²) >= 11 is 0. The molecule has 100 valence electrons. The van der Waals surface area contributed by atoms with Gasteiger partial charge in [-0.3, -0.25) is 0 Å². The molecule has 1 heterocycles. The van der Waals surface area contributed by atoms with E-state index in [4.69, 9.17) is 14.2 Å². The maximum absolute atomic E-state index is 5.65. The van der Waals surface area contributed by atoms with Crippen molar-refractivity contribution in [3.63, 3.8) is 0 Å². The van der Waals surface area contributed by atoms with E-state index >= 15 is 0 Å². The first-order valence-corrected chi connectivity index (χ1v) is 6.62. The van der Waals surface area contributed by atoms with Crippen LogP contribution in [-0.4, -0.2) is 38.7 Å². The third-order valence-corrected chi connectivity index (χ3v) is 2.59. The lowest BCUT2D eigenvalue weighted by Gasteiger charge is -2.28. The second-order valence-corrected chi connectivity index (χ2v) is 3.95. The van der Waals surface area contributed by atoms with Crippen LogP contribution in [0.15, 0.2) is 11.8 Å². The summed E-state index contributed by atoms with van der Waals surface area (Å²) in [5.41, 5.74) is 0. The van der Waals surface area contributed by atoms with E-state index < -0.39 is 0 Å². The van der Waals surface area contributed by atoms with Crippen molar-refractivity contribution in [3.05, 3.63) is 11.8 Å². The fourth-order valence-corrected chi connectivity index (χ4v) is 1.85. The lowest BCUT2D eigenvalue weighted by molar-refractivity contribution is -0.153. The topological polar surface area (TPSA) is 39.7 Å². The third-order valence-electron chi connectivity index (χ3n) is 2.59. The molecule has 4 nitrogen and oxygen atoms in total. The Morgan fingerprint density at radius 2 is 2.00 bits per heavy atom. The number of hydrogen-bond acceptors (Lipinski definition) is 4. The fourth-order valence-electron chi connectivity index (χ4n) is 1.85. The standard InChI is InChI=1S/C13H25NO3/c1-4-9-14-12(11-8-7-10-17-11)13(15-5-2)16-6-3/h8,12-14H,4-7,9-10H2,1-3H3. The fraction of sp³-hybridized carbons (Fsp3) is 0.846. The first kappa shape index (κ1) is 14.5. The largest absolute Gasteiger partial charge is 0.496 e.